The molecule has 0 aliphatic rings. The van der Waals surface area contributed by atoms with E-state index in [1.807, 2.05) is 55.7 Å². The van der Waals surface area contributed by atoms with E-state index >= 15 is 0 Å². The fourth-order valence-corrected chi connectivity index (χ4v) is 4.13. The van der Waals surface area contributed by atoms with Gasteiger partial charge >= 0.3 is 0 Å². The van der Waals surface area contributed by atoms with E-state index in [0.717, 1.165) is 27.2 Å². The van der Waals surface area contributed by atoms with Gasteiger partial charge in [0.2, 0.25) is 0 Å². The molecule has 1 N–H and O–H groups in total. The molecule has 8 heteroatoms. The molecular formula is C22H22N4O3S. The highest BCUT2D eigenvalue weighted by Crippen LogP contribution is 2.30. The summed E-state index contributed by atoms with van der Waals surface area (Å²) in [6.07, 6.45) is 0. The Morgan fingerprint density at radius 3 is 2.67 bits per heavy atom. The van der Waals surface area contributed by atoms with Gasteiger partial charge in [0, 0.05) is 13.6 Å². The Kier molecular flexibility index (Phi) is 5.41. The van der Waals surface area contributed by atoms with Gasteiger partial charge in [-0.1, -0.05) is 12.1 Å². The lowest BCUT2D eigenvalue weighted by molar-refractivity contribution is 0.0952. The van der Waals surface area contributed by atoms with Crippen LogP contribution in [0.1, 0.15) is 21.6 Å². The van der Waals surface area contributed by atoms with Crippen LogP contribution >= 0.6 is 11.3 Å². The number of hydrogen-bond donors (Lipinski definition) is 1. The number of carbonyl (C=O) groups excluding carboxylic acids is 1. The number of nitrogens with zero attached hydrogens (tertiary/aromatic N) is 3. The Labute approximate surface area is 178 Å². The van der Waals surface area contributed by atoms with Gasteiger partial charge in [0.25, 0.3) is 5.91 Å². The smallest absolute Gasteiger partial charge is 0.252 e. The fraction of sp³-hybridized carbons (Fsp3) is 0.227. The van der Waals surface area contributed by atoms with Crippen molar-refractivity contribution in [1.29, 1.82) is 0 Å². The first kappa shape index (κ1) is 19.9. The van der Waals surface area contributed by atoms with Gasteiger partial charge in [-0.15, -0.1) is 11.3 Å². The largest absolute Gasteiger partial charge is 0.493 e. The molecule has 0 bridgehead atoms. The van der Waals surface area contributed by atoms with Gasteiger partial charge in [0.15, 0.2) is 17.1 Å². The number of thiophene rings is 1. The predicted octanol–water partition coefficient (Wildman–Crippen LogP) is 3.95. The third-order valence-electron chi connectivity index (χ3n) is 4.89. The van der Waals surface area contributed by atoms with Gasteiger partial charge in [-0.05, 0) is 42.1 Å². The van der Waals surface area contributed by atoms with Crippen molar-refractivity contribution in [1.82, 2.24) is 20.1 Å². The second kappa shape index (κ2) is 8.16. The predicted molar refractivity (Wildman–Crippen MR) is 117 cm³/mol. The summed E-state index contributed by atoms with van der Waals surface area (Å²) in [4.78, 5) is 18.9. The quantitative estimate of drug-likeness (QED) is 0.509. The highest BCUT2D eigenvalue weighted by molar-refractivity contribution is 7.13. The number of aryl methyl sites for hydroxylation is 2. The average molecular weight is 423 g/mol. The van der Waals surface area contributed by atoms with Crippen LogP contribution in [0, 0.1) is 6.92 Å². The Morgan fingerprint density at radius 2 is 1.97 bits per heavy atom. The maximum Gasteiger partial charge on any atom is 0.252 e. The lowest BCUT2D eigenvalue weighted by Gasteiger charge is -2.11. The molecule has 0 saturated heterocycles. The molecule has 1 aromatic carbocycles. The zero-order valence-corrected chi connectivity index (χ0v) is 18.0. The molecule has 7 nitrogen and oxygen atoms in total. The van der Waals surface area contributed by atoms with Crippen molar-refractivity contribution < 1.29 is 14.3 Å². The van der Waals surface area contributed by atoms with Crippen LogP contribution < -0.4 is 14.8 Å². The zero-order valence-electron chi connectivity index (χ0n) is 17.2. The minimum Gasteiger partial charge on any atom is -0.493 e. The van der Waals surface area contributed by atoms with E-state index in [2.05, 4.69) is 10.4 Å². The summed E-state index contributed by atoms with van der Waals surface area (Å²) in [5.41, 5.74) is 3.70. The molecule has 0 atom stereocenters. The number of nitrogens with one attached hydrogen (secondary N) is 1. The van der Waals surface area contributed by atoms with E-state index in [-0.39, 0.29) is 5.91 Å². The third kappa shape index (κ3) is 3.61. The molecule has 0 saturated carbocycles. The van der Waals surface area contributed by atoms with Crippen LogP contribution in [-0.2, 0) is 13.6 Å². The summed E-state index contributed by atoms with van der Waals surface area (Å²) in [5.74, 6) is 1.10. The topological polar surface area (TPSA) is 78.3 Å². The normalized spacial score (nSPS) is 10.9. The van der Waals surface area contributed by atoms with E-state index in [0.29, 0.717) is 29.3 Å². The second-order valence-electron chi connectivity index (χ2n) is 6.81. The first-order chi connectivity index (χ1) is 14.5. The second-order valence-corrected chi connectivity index (χ2v) is 7.76. The van der Waals surface area contributed by atoms with Crippen LogP contribution in [0.2, 0.25) is 0 Å². The third-order valence-corrected chi connectivity index (χ3v) is 5.78. The van der Waals surface area contributed by atoms with Crippen molar-refractivity contribution in [2.24, 2.45) is 7.05 Å². The number of aromatic nitrogens is 3. The van der Waals surface area contributed by atoms with Gasteiger partial charge in [0.05, 0.1) is 41.4 Å². The van der Waals surface area contributed by atoms with E-state index in [9.17, 15) is 4.79 Å². The number of fused-ring (bicyclic) bond motifs is 1. The Hall–Kier alpha value is -3.39. The van der Waals surface area contributed by atoms with Gasteiger partial charge < -0.3 is 14.8 Å². The number of methoxy groups -OCH3 is 2. The summed E-state index contributed by atoms with van der Waals surface area (Å²) in [7, 11) is 5.02. The average Bonchev–Trinajstić information content (AvgIpc) is 3.39. The molecule has 3 aromatic heterocycles. The zero-order chi connectivity index (χ0) is 21.3. The van der Waals surface area contributed by atoms with Crippen LogP contribution in [0.3, 0.4) is 0 Å². The van der Waals surface area contributed by atoms with Gasteiger partial charge in [-0.3, -0.25) is 9.48 Å². The molecule has 3 heterocycles. The molecular weight excluding hydrogens is 400 g/mol. The molecule has 4 rings (SSSR count). The first-order valence-electron chi connectivity index (χ1n) is 9.39. The fourth-order valence-electron chi connectivity index (χ4n) is 3.44. The summed E-state index contributed by atoms with van der Waals surface area (Å²) in [6, 6.07) is 11.4. The monoisotopic (exact) mass is 422 g/mol. The van der Waals surface area contributed by atoms with Gasteiger partial charge in [0.1, 0.15) is 0 Å². The number of pyridine rings is 1. The standard InChI is InChI=1S/C22H22N4O3S/c1-13-20-15(11-16(19-6-5-9-30-19)24-21(20)26(2)25-13)22(27)23-12-14-7-8-17(28-3)18(10-14)29-4/h5-11H,12H2,1-4H3,(H,23,27). The van der Waals surface area contributed by atoms with Crippen LogP contribution in [0.4, 0.5) is 0 Å². The van der Waals surface area contributed by atoms with Crippen molar-refractivity contribution in [3.63, 3.8) is 0 Å². The number of benzene rings is 1. The maximum absolute atomic E-state index is 13.2. The van der Waals surface area contributed by atoms with E-state index in [1.165, 1.54) is 0 Å². The summed E-state index contributed by atoms with van der Waals surface area (Å²) in [5, 5.41) is 10.2. The van der Waals surface area contributed by atoms with E-state index in [4.69, 9.17) is 14.5 Å². The van der Waals surface area contributed by atoms with Gasteiger partial charge in [-0.2, -0.15) is 5.10 Å². The summed E-state index contributed by atoms with van der Waals surface area (Å²) in [6.45, 7) is 2.25. The molecule has 1 amide bonds. The maximum atomic E-state index is 13.2. The minimum atomic E-state index is -0.175. The van der Waals surface area contributed by atoms with E-state index in [1.54, 1.807) is 30.2 Å². The Morgan fingerprint density at radius 1 is 1.17 bits per heavy atom. The minimum absolute atomic E-state index is 0.175. The molecule has 0 fully saturated rings. The van der Waals surface area contributed by atoms with Crippen LogP contribution in [-0.4, -0.2) is 34.9 Å². The van der Waals surface area contributed by atoms with Crippen molar-refractivity contribution in [3.8, 4) is 22.1 Å². The molecule has 0 radical (unpaired) electrons. The molecule has 0 spiro atoms. The lowest BCUT2D eigenvalue weighted by atomic mass is 10.1. The molecule has 4 aromatic rings. The summed E-state index contributed by atoms with van der Waals surface area (Å²) >= 11 is 1.59. The Bertz CT molecular complexity index is 1220. The molecule has 0 aliphatic heterocycles. The van der Waals surface area contributed by atoms with E-state index < -0.39 is 0 Å². The van der Waals surface area contributed by atoms with Crippen molar-refractivity contribution >= 4 is 28.3 Å². The number of hydrogen-bond acceptors (Lipinski definition) is 6. The number of amides is 1. The van der Waals surface area contributed by atoms with Crippen molar-refractivity contribution in [2.75, 3.05) is 14.2 Å². The van der Waals surface area contributed by atoms with Crippen molar-refractivity contribution in [3.05, 3.63) is 58.6 Å². The first-order valence-corrected chi connectivity index (χ1v) is 10.3. The lowest BCUT2D eigenvalue weighted by Crippen LogP contribution is -2.23. The number of rotatable bonds is 6. The molecule has 0 unspecified atom stereocenters. The highest BCUT2D eigenvalue weighted by atomic mass is 32.1. The van der Waals surface area contributed by atoms with Crippen molar-refractivity contribution in [2.45, 2.75) is 13.5 Å². The van der Waals surface area contributed by atoms with Gasteiger partial charge in [-0.25, -0.2) is 4.98 Å². The highest BCUT2D eigenvalue weighted by Gasteiger charge is 2.19. The Balaban J connectivity index is 1.67. The number of carbonyl (C=O) groups is 1. The number of ether oxygens (including phenoxy) is 2. The molecule has 154 valence electrons. The SMILES string of the molecule is COc1ccc(CNC(=O)c2cc(-c3cccs3)nc3c2c(C)nn3C)cc1OC. The molecule has 0 aliphatic carbocycles. The van der Waals surface area contributed by atoms with Crippen LogP contribution in [0.25, 0.3) is 21.6 Å². The van der Waals surface area contributed by atoms with Crippen LogP contribution in [0.15, 0.2) is 41.8 Å². The summed E-state index contributed by atoms with van der Waals surface area (Å²) < 4.78 is 12.3. The van der Waals surface area contributed by atoms with Crippen LogP contribution in [0.5, 0.6) is 11.5 Å². The molecule has 30 heavy (non-hydrogen) atoms.